The number of benzene rings is 1. The smallest absolute Gasteiger partial charge is 0.220 e. The molecule has 0 radical (unpaired) electrons. The van der Waals surface area contributed by atoms with Crippen LogP contribution in [0.4, 0.5) is 5.69 Å². The van der Waals surface area contributed by atoms with Crippen molar-refractivity contribution in [2.24, 2.45) is 16.6 Å². The van der Waals surface area contributed by atoms with Gasteiger partial charge in [-0.3, -0.25) is 9.79 Å². The quantitative estimate of drug-likeness (QED) is 0.266. The van der Waals surface area contributed by atoms with Gasteiger partial charge in [-0.05, 0) is 61.3 Å². The molecule has 1 aromatic carbocycles. The lowest BCUT2D eigenvalue weighted by atomic mass is 10.0. The fraction of sp³-hybridized carbons (Fsp3) is 0.579. The molecule has 2 aliphatic rings. The van der Waals surface area contributed by atoms with Gasteiger partial charge < -0.3 is 16.4 Å². The second kappa shape index (κ2) is 9.99. The minimum absolute atomic E-state index is 0. The van der Waals surface area contributed by atoms with Crippen molar-refractivity contribution in [1.29, 1.82) is 0 Å². The molecule has 2 aliphatic carbocycles. The van der Waals surface area contributed by atoms with Crippen LogP contribution in [0.2, 0.25) is 0 Å². The number of halogens is 1. The molecule has 25 heavy (non-hydrogen) atoms. The number of hydrogen-bond acceptors (Lipinski definition) is 2. The summed E-state index contributed by atoms with van der Waals surface area (Å²) in [5.41, 5.74) is 9.77. The normalized spacial score (nSPS) is 17.0. The first-order chi connectivity index (χ1) is 11.7. The van der Waals surface area contributed by atoms with Crippen LogP contribution < -0.4 is 16.4 Å². The highest BCUT2D eigenvalue weighted by Gasteiger charge is 2.17. The van der Waals surface area contributed by atoms with E-state index in [9.17, 15) is 4.79 Å². The van der Waals surface area contributed by atoms with E-state index in [2.05, 4.69) is 33.8 Å². The number of anilines is 1. The number of guanidine groups is 1. The Hall–Kier alpha value is -1.31. The van der Waals surface area contributed by atoms with Crippen LogP contribution in [0.3, 0.4) is 0 Å². The van der Waals surface area contributed by atoms with Crippen molar-refractivity contribution in [3.63, 3.8) is 0 Å². The number of hydrogen-bond donors (Lipinski definition) is 3. The number of amides is 1. The van der Waals surface area contributed by atoms with Gasteiger partial charge in [0.15, 0.2) is 5.96 Å². The Balaban J connectivity index is 0.00000225. The molecule has 138 valence electrons. The number of carbonyl (C=O) groups excluding carboxylic acids is 1. The lowest BCUT2D eigenvalue weighted by Crippen LogP contribution is -2.29. The third kappa shape index (κ3) is 6.17. The number of fused-ring (bicyclic) bond motifs is 1. The Morgan fingerprint density at radius 2 is 1.92 bits per heavy atom. The zero-order valence-corrected chi connectivity index (χ0v) is 17.1. The molecule has 1 saturated carbocycles. The highest BCUT2D eigenvalue weighted by Crippen LogP contribution is 2.27. The summed E-state index contributed by atoms with van der Waals surface area (Å²) in [5.74, 6) is 1.13. The molecule has 1 aromatic rings. The molecule has 5 nitrogen and oxygen atoms in total. The SMILES string of the molecule is I.NC(=NCCNC(=O)CC1CCCC1)Nc1ccc2c(c1)CCC2. The predicted octanol–water partition coefficient (Wildman–Crippen LogP) is 3.22. The van der Waals surface area contributed by atoms with Crippen molar-refractivity contribution in [2.75, 3.05) is 18.4 Å². The molecule has 0 aliphatic heterocycles. The van der Waals surface area contributed by atoms with E-state index >= 15 is 0 Å². The Labute approximate surface area is 167 Å². The fourth-order valence-corrected chi connectivity index (χ4v) is 3.76. The maximum absolute atomic E-state index is 11.8. The van der Waals surface area contributed by atoms with Gasteiger partial charge in [-0.1, -0.05) is 18.9 Å². The number of nitrogens with two attached hydrogens (primary N) is 1. The molecule has 0 aromatic heterocycles. The maximum atomic E-state index is 11.8. The molecular formula is C19H29IN4O. The molecule has 1 amide bonds. The minimum Gasteiger partial charge on any atom is -0.370 e. The summed E-state index contributed by atoms with van der Waals surface area (Å²) >= 11 is 0. The second-order valence-corrected chi connectivity index (χ2v) is 6.93. The van der Waals surface area contributed by atoms with E-state index in [0.29, 0.717) is 31.4 Å². The number of aryl methyl sites for hydroxylation is 2. The predicted molar refractivity (Wildman–Crippen MR) is 114 cm³/mol. The van der Waals surface area contributed by atoms with Crippen LogP contribution in [0.25, 0.3) is 0 Å². The summed E-state index contributed by atoms with van der Waals surface area (Å²) in [6.07, 6.45) is 9.16. The maximum Gasteiger partial charge on any atom is 0.220 e. The van der Waals surface area contributed by atoms with Crippen molar-refractivity contribution in [3.05, 3.63) is 29.3 Å². The van der Waals surface area contributed by atoms with E-state index in [1.54, 1.807) is 0 Å². The van der Waals surface area contributed by atoms with Crippen LogP contribution in [0.15, 0.2) is 23.2 Å². The Bertz CT molecular complexity index is 611. The van der Waals surface area contributed by atoms with Gasteiger partial charge >= 0.3 is 0 Å². The third-order valence-electron chi connectivity index (χ3n) is 5.04. The van der Waals surface area contributed by atoms with Crippen molar-refractivity contribution in [2.45, 2.75) is 51.4 Å². The standard InChI is InChI=1S/C19H28N4O.HI/c20-19(23-17-9-8-15-6-3-7-16(15)13-17)22-11-10-21-18(24)12-14-4-1-2-5-14;/h8-9,13-14H,1-7,10-12H2,(H,21,24)(H3,20,22,23);1H. The summed E-state index contributed by atoms with van der Waals surface area (Å²) in [6.45, 7) is 1.04. The van der Waals surface area contributed by atoms with Crippen LogP contribution in [0.5, 0.6) is 0 Å². The van der Waals surface area contributed by atoms with Crippen molar-refractivity contribution in [1.82, 2.24) is 5.32 Å². The average molecular weight is 456 g/mol. The lowest BCUT2D eigenvalue weighted by molar-refractivity contribution is -0.121. The number of aliphatic imine (C=N–C) groups is 1. The average Bonchev–Trinajstić information content (AvgIpc) is 3.22. The molecule has 0 bridgehead atoms. The van der Waals surface area contributed by atoms with E-state index in [0.717, 1.165) is 12.1 Å². The minimum atomic E-state index is 0. The zero-order valence-electron chi connectivity index (χ0n) is 14.7. The molecule has 0 atom stereocenters. The molecule has 3 rings (SSSR count). The number of carbonyl (C=O) groups is 1. The Kier molecular flexibility index (Phi) is 7.99. The monoisotopic (exact) mass is 456 g/mol. The van der Waals surface area contributed by atoms with Crippen LogP contribution in [0, 0.1) is 5.92 Å². The topological polar surface area (TPSA) is 79.5 Å². The van der Waals surface area contributed by atoms with E-state index in [1.807, 2.05) is 0 Å². The van der Waals surface area contributed by atoms with E-state index in [4.69, 9.17) is 5.73 Å². The molecule has 0 heterocycles. The summed E-state index contributed by atoms with van der Waals surface area (Å²) in [4.78, 5) is 16.1. The lowest BCUT2D eigenvalue weighted by Gasteiger charge is -2.09. The van der Waals surface area contributed by atoms with E-state index < -0.39 is 0 Å². The van der Waals surface area contributed by atoms with E-state index in [-0.39, 0.29) is 29.9 Å². The number of nitrogens with one attached hydrogen (secondary N) is 2. The highest BCUT2D eigenvalue weighted by molar-refractivity contribution is 14.0. The molecule has 1 fully saturated rings. The van der Waals surface area contributed by atoms with Crippen LogP contribution in [0.1, 0.15) is 49.7 Å². The van der Waals surface area contributed by atoms with Gasteiger partial charge in [0.05, 0.1) is 6.54 Å². The molecule has 0 spiro atoms. The molecular weight excluding hydrogens is 427 g/mol. The van der Waals surface area contributed by atoms with Gasteiger partial charge in [0.2, 0.25) is 5.91 Å². The zero-order chi connectivity index (χ0) is 16.8. The Morgan fingerprint density at radius 3 is 2.72 bits per heavy atom. The van der Waals surface area contributed by atoms with Gasteiger partial charge in [0.25, 0.3) is 0 Å². The number of nitrogens with zero attached hydrogens (tertiary/aromatic N) is 1. The summed E-state index contributed by atoms with van der Waals surface area (Å²) < 4.78 is 0. The second-order valence-electron chi connectivity index (χ2n) is 6.93. The van der Waals surface area contributed by atoms with Gasteiger partial charge in [-0.15, -0.1) is 24.0 Å². The molecule has 4 N–H and O–H groups in total. The van der Waals surface area contributed by atoms with E-state index in [1.165, 1.54) is 49.7 Å². The molecule has 6 heteroatoms. The molecule has 0 saturated heterocycles. The van der Waals surface area contributed by atoms with Crippen molar-refractivity contribution >= 4 is 41.5 Å². The largest absolute Gasteiger partial charge is 0.370 e. The highest BCUT2D eigenvalue weighted by atomic mass is 127. The summed E-state index contributed by atoms with van der Waals surface area (Å²) in [7, 11) is 0. The molecule has 0 unspecified atom stereocenters. The third-order valence-corrected chi connectivity index (χ3v) is 5.04. The van der Waals surface area contributed by atoms with Gasteiger partial charge in [0, 0.05) is 18.7 Å². The van der Waals surface area contributed by atoms with Crippen molar-refractivity contribution < 1.29 is 4.79 Å². The van der Waals surface area contributed by atoms with Gasteiger partial charge in [-0.2, -0.15) is 0 Å². The van der Waals surface area contributed by atoms with Crippen LogP contribution in [-0.2, 0) is 17.6 Å². The first-order valence-corrected chi connectivity index (χ1v) is 9.16. The van der Waals surface area contributed by atoms with Gasteiger partial charge in [-0.25, -0.2) is 0 Å². The summed E-state index contributed by atoms with van der Waals surface area (Å²) in [6, 6.07) is 6.38. The first-order valence-electron chi connectivity index (χ1n) is 9.16. The summed E-state index contributed by atoms with van der Waals surface area (Å²) in [5, 5.41) is 6.07. The number of rotatable bonds is 6. The first kappa shape index (κ1) is 20.0. The van der Waals surface area contributed by atoms with Crippen molar-refractivity contribution in [3.8, 4) is 0 Å². The van der Waals surface area contributed by atoms with Gasteiger partial charge in [0.1, 0.15) is 0 Å². The van der Waals surface area contributed by atoms with Crippen LogP contribution >= 0.6 is 24.0 Å². The fourth-order valence-electron chi connectivity index (χ4n) is 3.76. The van der Waals surface area contributed by atoms with Crippen LogP contribution in [-0.4, -0.2) is 25.0 Å². The Morgan fingerprint density at radius 1 is 1.16 bits per heavy atom.